The largest absolute Gasteiger partial charge is 0.489 e. The van der Waals surface area contributed by atoms with E-state index in [1.54, 1.807) is 36.4 Å². The Hall–Kier alpha value is -3.25. The molecule has 1 N–H and O–H groups in total. The highest BCUT2D eigenvalue weighted by atomic mass is 35.5. The maximum atomic E-state index is 14.0. The number of H-pyrrole nitrogens is 1. The quantitative estimate of drug-likeness (QED) is 0.236. The van der Waals surface area contributed by atoms with Crippen LogP contribution in [0.5, 0.6) is 5.75 Å². The standard InChI is InChI=1S/C28H17Cl2F3N2O4S2/c29-14-5-3-4-13(10-14)12-39-19-9-8-15(30)11-16(19)20-21-23(40-24-22(20)41-27(38)34-24)26(37)35(25(21)36)18-7-2-1-6-17(18)28(31,32)33/h1-11,20-21,23H,12H2,(H,34,38). The minimum atomic E-state index is -4.80. The first-order chi connectivity index (χ1) is 19.5. The molecule has 2 amide bonds. The SMILES string of the molecule is O=C1C2Sc3[nH]c(=O)sc3C(c3cc(Cl)ccc3OCc3cccc(Cl)c3)C2C(=O)N1c1ccccc1C(F)(F)F. The molecular weight excluding hydrogens is 620 g/mol. The summed E-state index contributed by atoms with van der Waals surface area (Å²) in [5.74, 6) is -3.28. The second kappa shape index (κ2) is 10.5. The molecule has 210 valence electrons. The van der Waals surface area contributed by atoms with Gasteiger partial charge in [-0.1, -0.05) is 70.6 Å². The number of carbonyl (C=O) groups is 2. The van der Waals surface area contributed by atoms with Crippen molar-refractivity contribution >= 4 is 63.8 Å². The van der Waals surface area contributed by atoms with Crippen LogP contribution < -0.4 is 14.5 Å². The Labute approximate surface area is 249 Å². The summed E-state index contributed by atoms with van der Waals surface area (Å²) in [4.78, 5) is 43.5. The molecule has 0 spiro atoms. The van der Waals surface area contributed by atoms with E-state index < -0.39 is 51.2 Å². The molecule has 1 aromatic heterocycles. The number of thiazole rings is 1. The minimum Gasteiger partial charge on any atom is -0.489 e. The molecule has 3 unspecified atom stereocenters. The number of benzene rings is 3. The second-order valence-corrected chi connectivity index (χ2v) is 12.4. The fraction of sp³-hybridized carbons (Fsp3) is 0.179. The van der Waals surface area contributed by atoms with Crippen molar-refractivity contribution < 1.29 is 27.5 Å². The molecule has 2 aliphatic rings. The van der Waals surface area contributed by atoms with E-state index in [2.05, 4.69) is 4.98 Å². The zero-order valence-corrected chi connectivity index (χ0v) is 23.7. The third kappa shape index (κ3) is 5.05. The number of imide groups is 1. The van der Waals surface area contributed by atoms with Crippen molar-refractivity contribution in [1.82, 2.24) is 4.98 Å². The van der Waals surface area contributed by atoms with Crippen molar-refractivity contribution in [1.29, 1.82) is 0 Å². The number of para-hydroxylation sites is 1. The van der Waals surface area contributed by atoms with Gasteiger partial charge in [-0.2, -0.15) is 13.2 Å². The Morgan fingerprint density at radius 3 is 2.44 bits per heavy atom. The average molecular weight is 637 g/mol. The lowest BCUT2D eigenvalue weighted by atomic mass is 9.82. The molecule has 1 saturated heterocycles. The number of rotatable bonds is 5. The predicted octanol–water partition coefficient (Wildman–Crippen LogP) is 7.14. The number of thioether (sulfide) groups is 1. The summed E-state index contributed by atoms with van der Waals surface area (Å²) < 4.78 is 47.8. The van der Waals surface area contributed by atoms with Gasteiger partial charge in [0.05, 0.1) is 22.2 Å². The van der Waals surface area contributed by atoms with E-state index in [-0.39, 0.29) is 6.61 Å². The third-order valence-corrected chi connectivity index (χ3v) is 9.74. The lowest BCUT2D eigenvalue weighted by Gasteiger charge is -2.31. The molecule has 3 aromatic carbocycles. The van der Waals surface area contributed by atoms with Crippen molar-refractivity contribution in [3.63, 3.8) is 0 Å². The number of anilines is 1. The normalized spacial score (nSPS) is 20.2. The zero-order chi connectivity index (χ0) is 29.1. The number of fused-ring (bicyclic) bond motifs is 2. The summed E-state index contributed by atoms with van der Waals surface area (Å²) in [5, 5.41) is 0.112. The number of hydrogen-bond acceptors (Lipinski definition) is 6. The summed E-state index contributed by atoms with van der Waals surface area (Å²) in [5.41, 5.74) is -0.439. The van der Waals surface area contributed by atoms with Crippen molar-refractivity contribution in [2.45, 2.75) is 29.0 Å². The van der Waals surface area contributed by atoms with Crippen LogP contribution in [0, 0.1) is 5.92 Å². The van der Waals surface area contributed by atoms with Gasteiger partial charge in [0.25, 0.3) is 0 Å². The molecule has 6 rings (SSSR count). The van der Waals surface area contributed by atoms with Crippen LogP contribution in [0.4, 0.5) is 18.9 Å². The van der Waals surface area contributed by atoms with Gasteiger partial charge in [0, 0.05) is 26.4 Å². The topological polar surface area (TPSA) is 79.5 Å². The number of aromatic amines is 1. The fourth-order valence-electron chi connectivity index (χ4n) is 5.18. The number of carbonyl (C=O) groups excluding carboxylic acids is 2. The van der Waals surface area contributed by atoms with Crippen LogP contribution in [-0.4, -0.2) is 22.0 Å². The van der Waals surface area contributed by atoms with E-state index in [0.717, 1.165) is 40.8 Å². The lowest BCUT2D eigenvalue weighted by molar-refractivity contribution is -0.137. The molecule has 13 heteroatoms. The number of nitrogens with one attached hydrogen (secondary N) is 1. The van der Waals surface area contributed by atoms with Crippen LogP contribution in [-0.2, 0) is 22.4 Å². The van der Waals surface area contributed by atoms with Crippen molar-refractivity contribution in [3.05, 3.63) is 108 Å². The first-order valence-electron chi connectivity index (χ1n) is 12.1. The first kappa shape index (κ1) is 27.9. The second-order valence-electron chi connectivity index (χ2n) is 9.38. The van der Waals surface area contributed by atoms with E-state index in [1.807, 2.05) is 6.07 Å². The Morgan fingerprint density at radius 2 is 1.68 bits per heavy atom. The van der Waals surface area contributed by atoms with Crippen LogP contribution in [0.15, 0.2) is 76.6 Å². The third-order valence-electron chi connectivity index (χ3n) is 6.86. The Morgan fingerprint density at radius 1 is 0.927 bits per heavy atom. The summed E-state index contributed by atoms with van der Waals surface area (Å²) >= 11 is 14.3. The van der Waals surface area contributed by atoms with Gasteiger partial charge in [-0.15, -0.1) is 0 Å². The molecule has 41 heavy (non-hydrogen) atoms. The van der Waals surface area contributed by atoms with Crippen LogP contribution in [0.3, 0.4) is 0 Å². The van der Waals surface area contributed by atoms with Crippen molar-refractivity contribution in [3.8, 4) is 5.75 Å². The smallest absolute Gasteiger partial charge is 0.418 e. The van der Waals surface area contributed by atoms with E-state index in [1.165, 1.54) is 12.1 Å². The number of aromatic nitrogens is 1. The van der Waals surface area contributed by atoms with E-state index in [4.69, 9.17) is 27.9 Å². The highest BCUT2D eigenvalue weighted by molar-refractivity contribution is 8.00. The van der Waals surface area contributed by atoms with E-state index in [0.29, 0.717) is 36.2 Å². The molecular formula is C28H17Cl2F3N2O4S2. The molecule has 1 fully saturated rings. The number of amides is 2. The molecule has 4 aromatic rings. The van der Waals surface area contributed by atoms with Gasteiger partial charge in [0.1, 0.15) is 17.6 Å². The van der Waals surface area contributed by atoms with Gasteiger partial charge in [0.2, 0.25) is 11.8 Å². The zero-order valence-electron chi connectivity index (χ0n) is 20.6. The van der Waals surface area contributed by atoms with E-state index >= 15 is 0 Å². The summed E-state index contributed by atoms with van der Waals surface area (Å²) in [7, 11) is 0. The van der Waals surface area contributed by atoms with Gasteiger partial charge < -0.3 is 9.72 Å². The van der Waals surface area contributed by atoms with E-state index in [9.17, 15) is 27.6 Å². The van der Waals surface area contributed by atoms with Gasteiger partial charge >= 0.3 is 11.0 Å². The molecule has 2 aliphatic heterocycles. The van der Waals surface area contributed by atoms with Crippen molar-refractivity contribution in [2.75, 3.05) is 4.90 Å². The number of halogens is 5. The van der Waals surface area contributed by atoms with Gasteiger partial charge in [0.15, 0.2) is 0 Å². The highest BCUT2D eigenvalue weighted by Crippen LogP contribution is 2.55. The molecule has 3 heterocycles. The Kier molecular flexibility index (Phi) is 7.17. The van der Waals surface area contributed by atoms with Crippen LogP contribution >= 0.6 is 46.3 Å². The lowest BCUT2D eigenvalue weighted by Crippen LogP contribution is -2.33. The van der Waals surface area contributed by atoms with Gasteiger partial charge in [-0.05, 0) is 48.0 Å². The molecule has 0 saturated carbocycles. The highest BCUT2D eigenvalue weighted by Gasteiger charge is 2.57. The Balaban J connectivity index is 1.46. The van der Waals surface area contributed by atoms with Crippen LogP contribution in [0.1, 0.15) is 27.5 Å². The number of hydrogen-bond donors (Lipinski definition) is 1. The molecule has 3 atom stereocenters. The maximum absolute atomic E-state index is 14.0. The Bertz CT molecular complexity index is 1760. The molecule has 0 aliphatic carbocycles. The fourth-order valence-corrected chi connectivity index (χ4v) is 8.08. The monoisotopic (exact) mass is 636 g/mol. The van der Waals surface area contributed by atoms with Crippen molar-refractivity contribution in [2.24, 2.45) is 5.92 Å². The number of alkyl halides is 3. The predicted molar refractivity (Wildman–Crippen MR) is 151 cm³/mol. The van der Waals surface area contributed by atoms with Gasteiger partial charge in [-0.3, -0.25) is 14.4 Å². The summed E-state index contributed by atoms with van der Waals surface area (Å²) in [6, 6.07) is 16.3. The summed E-state index contributed by atoms with van der Waals surface area (Å²) in [6.45, 7) is 0.110. The molecule has 0 bridgehead atoms. The first-order valence-corrected chi connectivity index (χ1v) is 14.6. The van der Waals surface area contributed by atoms with Gasteiger partial charge in [-0.25, -0.2) is 4.90 Å². The maximum Gasteiger partial charge on any atom is 0.418 e. The summed E-state index contributed by atoms with van der Waals surface area (Å²) in [6.07, 6.45) is -4.80. The average Bonchev–Trinajstić information content (AvgIpc) is 3.41. The number of nitrogens with zero attached hydrogens (tertiary/aromatic N) is 1. The molecule has 0 radical (unpaired) electrons. The molecule has 6 nitrogen and oxygen atoms in total. The van der Waals surface area contributed by atoms with Crippen LogP contribution in [0.25, 0.3) is 0 Å². The minimum absolute atomic E-state index is 0.110. The van der Waals surface area contributed by atoms with Crippen LogP contribution in [0.2, 0.25) is 10.0 Å². The number of ether oxygens (including phenoxy) is 1.